The number of hydrogen-bond donors (Lipinski definition) is 0. The van der Waals surface area contributed by atoms with E-state index < -0.39 is 0 Å². The van der Waals surface area contributed by atoms with Gasteiger partial charge in [-0.3, -0.25) is 4.90 Å². The number of rotatable bonds is 4. The van der Waals surface area contributed by atoms with Gasteiger partial charge >= 0.3 is 0 Å². The molecule has 0 spiro atoms. The third kappa shape index (κ3) is 3.61. The molecule has 0 saturated carbocycles. The first-order valence-corrected chi connectivity index (χ1v) is 7.54. The topological polar surface area (TPSA) is 12.5 Å². The maximum absolute atomic E-state index is 13.4. The van der Waals surface area contributed by atoms with Gasteiger partial charge in [-0.1, -0.05) is 42.8 Å². The number of ether oxygens (including phenoxy) is 1. The lowest BCUT2D eigenvalue weighted by molar-refractivity contribution is 0.0103. The van der Waals surface area contributed by atoms with Crippen LogP contribution in [0, 0.1) is 5.82 Å². The number of piperidine rings is 1. The smallest absolute Gasteiger partial charge is 0.178 e. The van der Waals surface area contributed by atoms with Gasteiger partial charge < -0.3 is 4.74 Å². The summed E-state index contributed by atoms with van der Waals surface area (Å²) in [5, 5.41) is 0. The Morgan fingerprint density at radius 3 is 2.38 bits per heavy atom. The second kappa shape index (κ2) is 6.72. The van der Waals surface area contributed by atoms with Crippen LogP contribution < -0.4 is 4.74 Å². The molecule has 1 saturated heterocycles. The van der Waals surface area contributed by atoms with Crippen LogP contribution in [0.2, 0.25) is 0 Å². The molecule has 3 heteroatoms. The molecule has 1 fully saturated rings. The van der Waals surface area contributed by atoms with E-state index in [1.807, 2.05) is 24.3 Å². The fourth-order valence-corrected chi connectivity index (χ4v) is 2.79. The van der Waals surface area contributed by atoms with E-state index in [-0.39, 0.29) is 12.0 Å². The van der Waals surface area contributed by atoms with Crippen molar-refractivity contribution in [1.82, 2.24) is 4.90 Å². The maximum atomic E-state index is 13.4. The molecule has 2 nitrogen and oxygen atoms in total. The van der Waals surface area contributed by atoms with E-state index in [9.17, 15) is 4.39 Å². The lowest BCUT2D eigenvalue weighted by Gasteiger charge is -2.34. The SMILES string of the molecule is Fc1cccc(O[C@H](c2ccccc2)N2CCCCC2)c1. The Labute approximate surface area is 125 Å². The van der Waals surface area contributed by atoms with Gasteiger partial charge in [0.1, 0.15) is 11.6 Å². The molecule has 0 aromatic heterocycles. The second-order valence-electron chi connectivity index (χ2n) is 5.43. The van der Waals surface area contributed by atoms with E-state index >= 15 is 0 Å². The zero-order valence-corrected chi connectivity index (χ0v) is 12.0. The number of hydrogen-bond acceptors (Lipinski definition) is 2. The Kier molecular flexibility index (Phi) is 4.51. The molecule has 3 rings (SSSR count). The van der Waals surface area contributed by atoms with E-state index in [2.05, 4.69) is 17.0 Å². The third-order valence-corrected chi connectivity index (χ3v) is 3.85. The average molecular weight is 285 g/mol. The van der Waals surface area contributed by atoms with E-state index in [0.29, 0.717) is 5.75 Å². The summed E-state index contributed by atoms with van der Waals surface area (Å²) in [6.07, 6.45) is 3.51. The van der Waals surface area contributed by atoms with Gasteiger partial charge in [0.05, 0.1) is 0 Å². The van der Waals surface area contributed by atoms with E-state index in [4.69, 9.17) is 4.74 Å². The van der Waals surface area contributed by atoms with Gasteiger partial charge in [0.2, 0.25) is 0 Å². The quantitative estimate of drug-likeness (QED) is 0.826. The van der Waals surface area contributed by atoms with Gasteiger partial charge in [-0.05, 0) is 25.0 Å². The summed E-state index contributed by atoms with van der Waals surface area (Å²) in [4.78, 5) is 2.34. The van der Waals surface area contributed by atoms with Crippen LogP contribution in [0.4, 0.5) is 4.39 Å². The van der Waals surface area contributed by atoms with Gasteiger partial charge in [0, 0.05) is 24.7 Å². The van der Waals surface area contributed by atoms with Crippen LogP contribution in [0.15, 0.2) is 54.6 Å². The van der Waals surface area contributed by atoms with Crippen LogP contribution in [0.1, 0.15) is 31.1 Å². The van der Waals surface area contributed by atoms with Crippen LogP contribution in [-0.4, -0.2) is 18.0 Å². The van der Waals surface area contributed by atoms with Crippen molar-refractivity contribution in [3.05, 3.63) is 66.0 Å². The molecule has 0 bridgehead atoms. The summed E-state index contributed by atoms with van der Waals surface area (Å²) in [5.74, 6) is 0.312. The van der Waals surface area contributed by atoms with Crippen LogP contribution in [0.25, 0.3) is 0 Å². The van der Waals surface area contributed by atoms with Gasteiger partial charge in [-0.25, -0.2) is 4.39 Å². The highest BCUT2D eigenvalue weighted by atomic mass is 19.1. The van der Waals surface area contributed by atoms with Gasteiger partial charge in [0.25, 0.3) is 0 Å². The summed E-state index contributed by atoms with van der Waals surface area (Å²) in [7, 11) is 0. The lowest BCUT2D eigenvalue weighted by Crippen LogP contribution is -2.36. The highest BCUT2D eigenvalue weighted by molar-refractivity contribution is 5.25. The monoisotopic (exact) mass is 285 g/mol. The molecular formula is C18H20FNO. The molecule has 0 N–H and O–H groups in total. The second-order valence-corrected chi connectivity index (χ2v) is 5.43. The Balaban J connectivity index is 1.85. The van der Waals surface area contributed by atoms with Crippen molar-refractivity contribution >= 4 is 0 Å². The van der Waals surface area contributed by atoms with Gasteiger partial charge in [-0.2, -0.15) is 0 Å². The first-order chi connectivity index (χ1) is 10.3. The molecule has 1 aliphatic heterocycles. The molecule has 0 aliphatic carbocycles. The zero-order valence-electron chi connectivity index (χ0n) is 12.0. The predicted molar refractivity (Wildman–Crippen MR) is 81.6 cm³/mol. The van der Waals surface area contributed by atoms with Crippen LogP contribution in [0.3, 0.4) is 0 Å². The number of nitrogens with zero attached hydrogens (tertiary/aromatic N) is 1. The Morgan fingerprint density at radius 1 is 0.905 bits per heavy atom. The summed E-state index contributed by atoms with van der Waals surface area (Å²) in [6, 6.07) is 16.5. The van der Waals surface area contributed by atoms with Crippen LogP contribution >= 0.6 is 0 Å². The van der Waals surface area contributed by atoms with Crippen molar-refractivity contribution in [2.75, 3.05) is 13.1 Å². The minimum absolute atomic E-state index is 0.145. The van der Waals surface area contributed by atoms with Crippen molar-refractivity contribution in [3.8, 4) is 5.75 Å². The Hall–Kier alpha value is -1.87. The third-order valence-electron chi connectivity index (χ3n) is 3.85. The predicted octanol–water partition coefficient (Wildman–Crippen LogP) is 4.39. The molecule has 0 amide bonds. The molecule has 1 atom stereocenters. The summed E-state index contributed by atoms with van der Waals surface area (Å²) in [5.41, 5.74) is 1.11. The first-order valence-electron chi connectivity index (χ1n) is 7.54. The largest absolute Gasteiger partial charge is 0.471 e. The van der Waals surface area contributed by atoms with Crippen molar-refractivity contribution in [2.45, 2.75) is 25.5 Å². The molecule has 2 aromatic carbocycles. The van der Waals surface area contributed by atoms with Crippen molar-refractivity contribution < 1.29 is 9.13 Å². The fraction of sp³-hybridized carbons (Fsp3) is 0.333. The van der Waals surface area contributed by atoms with Crippen molar-refractivity contribution in [1.29, 1.82) is 0 Å². The number of benzene rings is 2. The normalized spacial score (nSPS) is 17.4. The zero-order chi connectivity index (χ0) is 14.5. The summed E-state index contributed by atoms with van der Waals surface area (Å²) < 4.78 is 19.5. The minimum atomic E-state index is -0.266. The Morgan fingerprint density at radius 2 is 1.67 bits per heavy atom. The fourth-order valence-electron chi connectivity index (χ4n) is 2.79. The molecule has 0 radical (unpaired) electrons. The summed E-state index contributed by atoms with van der Waals surface area (Å²) >= 11 is 0. The van der Waals surface area contributed by atoms with Crippen LogP contribution in [-0.2, 0) is 0 Å². The van der Waals surface area contributed by atoms with E-state index in [1.165, 1.54) is 31.4 Å². The molecule has 1 aliphatic rings. The van der Waals surface area contributed by atoms with E-state index in [1.54, 1.807) is 6.07 Å². The number of halogens is 1. The lowest BCUT2D eigenvalue weighted by atomic mass is 10.1. The summed E-state index contributed by atoms with van der Waals surface area (Å²) in [6.45, 7) is 2.05. The highest BCUT2D eigenvalue weighted by Crippen LogP contribution is 2.28. The van der Waals surface area contributed by atoms with Gasteiger partial charge in [-0.15, -0.1) is 0 Å². The maximum Gasteiger partial charge on any atom is 0.178 e. The standard InChI is InChI=1S/C18H20FNO/c19-16-10-7-11-17(14-16)21-18(15-8-3-1-4-9-15)20-12-5-2-6-13-20/h1,3-4,7-11,14,18H,2,5-6,12-13H2/t18-/m1/s1. The first kappa shape index (κ1) is 14.1. The molecule has 21 heavy (non-hydrogen) atoms. The highest BCUT2D eigenvalue weighted by Gasteiger charge is 2.23. The van der Waals surface area contributed by atoms with Crippen molar-refractivity contribution in [3.63, 3.8) is 0 Å². The molecule has 2 aromatic rings. The van der Waals surface area contributed by atoms with E-state index in [0.717, 1.165) is 18.7 Å². The molecule has 1 heterocycles. The number of likely N-dealkylation sites (tertiary alicyclic amines) is 1. The van der Waals surface area contributed by atoms with Crippen LogP contribution in [0.5, 0.6) is 5.75 Å². The van der Waals surface area contributed by atoms with Crippen molar-refractivity contribution in [2.24, 2.45) is 0 Å². The Bertz CT molecular complexity index is 566. The molecule has 110 valence electrons. The average Bonchev–Trinajstić information content (AvgIpc) is 2.54. The molecule has 0 unspecified atom stereocenters. The minimum Gasteiger partial charge on any atom is -0.471 e. The molecular weight excluding hydrogens is 265 g/mol. The van der Waals surface area contributed by atoms with Gasteiger partial charge in [0.15, 0.2) is 6.23 Å².